The highest BCUT2D eigenvalue weighted by molar-refractivity contribution is 4.88. The zero-order valence-electron chi connectivity index (χ0n) is 20.0. The molecule has 9 atom stereocenters. The van der Waals surface area contributed by atoms with E-state index in [9.17, 15) is 5.11 Å². The topological polar surface area (TPSA) is 29.5 Å². The van der Waals surface area contributed by atoms with Crippen molar-refractivity contribution in [2.24, 2.45) is 35.5 Å². The Bertz CT molecular complexity index is 463. The Balaban J connectivity index is 1.34. The molecule has 2 aliphatic carbocycles. The molecule has 1 aliphatic heterocycles. The SMILES string of the molecule is CCC1CCCCC1C1CC(CCCC(O)CCC2CCCC(C)C2C)C(C)O1. The number of aliphatic hydroxyl groups excluding tert-OH is 1. The van der Waals surface area contributed by atoms with Crippen molar-refractivity contribution in [1.82, 2.24) is 0 Å². The first kappa shape index (κ1) is 23.6. The molecule has 0 bridgehead atoms. The van der Waals surface area contributed by atoms with Crippen molar-refractivity contribution < 1.29 is 9.84 Å². The summed E-state index contributed by atoms with van der Waals surface area (Å²) in [5.74, 6) is 4.98. The van der Waals surface area contributed by atoms with Gasteiger partial charge >= 0.3 is 0 Å². The molecule has 0 spiro atoms. The fraction of sp³-hybridized carbons (Fsp3) is 1.00. The van der Waals surface area contributed by atoms with Crippen molar-refractivity contribution in [1.29, 1.82) is 0 Å². The van der Waals surface area contributed by atoms with Crippen molar-refractivity contribution in [3.8, 4) is 0 Å². The summed E-state index contributed by atoms with van der Waals surface area (Å²) >= 11 is 0. The van der Waals surface area contributed by atoms with Gasteiger partial charge in [0.15, 0.2) is 0 Å². The van der Waals surface area contributed by atoms with Crippen LogP contribution >= 0.6 is 0 Å². The lowest BCUT2D eigenvalue weighted by Crippen LogP contribution is -2.30. The van der Waals surface area contributed by atoms with Gasteiger partial charge in [-0.2, -0.15) is 0 Å². The molecule has 1 saturated heterocycles. The zero-order chi connectivity index (χ0) is 20.8. The Kier molecular flexibility index (Phi) is 9.36. The van der Waals surface area contributed by atoms with E-state index in [2.05, 4.69) is 27.7 Å². The minimum Gasteiger partial charge on any atom is -0.393 e. The van der Waals surface area contributed by atoms with Crippen LogP contribution in [0.5, 0.6) is 0 Å². The minimum atomic E-state index is -0.0873. The summed E-state index contributed by atoms with van der Waals surface area (Å²) in [5, 5.41) is 10.6. The van der Waals surface area contributed by atoms with Gasteiger partial charge in [0.1, 0.15) is 0 Å². The Morgan fingerprint density at radius 2 is 1.62 bits per heavy atom. The summed E-state index contributed by atoms with van der Waals surface area (Å²) in [6.07, 6.45) is 18.9. The maximum atomic E-state index is 10.6. The standard InChI is InChI=1S/C27H50O2/c1-5-22-11-6-7-15-26(22)27-18-24(21(4)29-27)13-9-14-25(28)17-16-23-12-8-10-19(2)20(23)3/h19-28H,5-18H2,1-4H3. The molecule has 9 unspecified atom stereocenters. The molecule has 0 aromatic rings. The number of aliphatic hydroxyl groups is 1. The first-order chi connectivity index (χ1) is 14.0. The normalized spacial score (nSPS) is 42.1. The minimum absolute atomic E-state index is 0.0873. The van der Waals surface area contributed by atoms with E-state index in [4.69, 9.17) is 4.74 Å². The second-order valence-electron chi connectivity index (χ2n) is 11.2. The maximum Gasteiger partial charge on any atom is 0.0613 e. The van der Waals surface area contributed by atoms with E-state index in [0.29, 0.717) is 18.1 Å². The Morgan fingerprint density at radius 1 is 0.862 bits per heavy atom. The van der Waals surface area contributed by atoms with E-state index < -0.39 is 0 Å². The van der Waals surface area contributed by atoms with E-state index in [1.807, 2.05) is 0 Å². The highest BCUT2D eigenvalue weighted by atomic mass is 16.5. The highest BCUT2D eigenvalue weighted by Gasteiger charge is 2.39. The van der Waals surface area contributed by atoms with Gasteiger partial charge in [-0.1, -0.05) is 72.1 Å². The molecule has 0 radical (unpaired) electrons. The lowest BCUT2D eigenvalue weighted by atomic mass is 9.72. The largest absolute Gasteiger partial charge is 0.393 e. The lowest BCUT2D eigenvalue weighted by molar-refractivity contribution is -0.0170. The molecule has 0 aromatic heterocycles. The van der Waals surface area contributed by atoms with Crippen LogP contribution in [0.3, 0.4) is 0 Å². The molecule has 2 nitrogen and oxygen atoms in total. The number of hydrogen-bond acceptors (Lipinski definition) is 2. The molecule has 170 valence electrons. The van der Waals surface area contributed by atoms with Gasteiger partial charge in [-0.05, 0) is 81.0 Å². The number of rotatable bonds is 9. The molecule has 0 amide bonds. The smallest absolute Gasteiger partial charge is 0.0613 e. The van der Waals surface area contributed by atoms with E-state index in [1.165, 1.54) is 77.0 Å². The van der Waals surface area contributed by atoms with Gasteiger partial charge in [-0.25, -0.2) is 0 Å². The van der Waals surface area contributed by atoms with E-state index in [1.54, 1.807) is 0 Å². The van der Waals surface area contributed by atoms with Gasteiger partial charge in [0.05, 0.1) is 18.3 Å². The summed E-state index contributed by atoms with van der Waals surface area (Å²) in [7, 11) is 0. The van der Waals surface area contributed by atoms with Crippen molar-refractivity contribution in [3.63, 3.8) is 0 Å². The molecule has 3 aliphatic rings. The predicted octanol–water partition coefficient (Wildman–Crippen LogP) is 7.38. The van der Waals surface area contributed by atoms with E-state index >= 15 is 0 Å². The van der Waals surface area contributed by atoms with Gasteiger partial charge in [-0.3, -0.25) is 0 Å². The molecule has 3 fully saturated rings. The first-order valence-electron chi connectivity index (χ1n) is 13.3. The molecular weight excluding hydrogens is 356 g/mol. The maximum absolute atomic E-state index is 10.6. The third kappa shape index (κ3) is 6.45. The molecule has 0 aromatic carbocycles. The lowest BCUT2D eigenvalue weighted by Gasteiger charge is -2.34. The third-order valence-electron chi connectivity index (χ3n) is 9.42. The van der Waals surface area contributed by atoms with Crippen LogP contribution in [0.1, 0.15) is 118 Å². The van der Waals surface area contributed by atoms with Gasteiger partial charge in [0, 0.05) is 0 Å². The van der Waals surface area contributed by atoms with Gasteiger partial charge in [-0.15, -0.1) is 0 Å². The van der Waals surface area contributed by atoms with Crippen molar-refractivity contribution >= 4 is 0 Å². The average molecular weight is 407 g/mol. The van der Waals surface area contributed by atoms with Crippen molar-refractivity contribution in [2.45, 2.75) is 136 Å². The molecule has 2 heteroatoms. The fourth-order valence-electron chi connectivity index (χ4n) is 7.06. The Morgan fingerprint density at radius 3 is 2.41 bits per heavy atom. The van der Waals surface area contributed by atoms with Crippen LogP contribution in [0, 0.1) is 35.5 Å². The van der Waals surface area contributed by atoms with Gasteiger partial charge in [0.25, 0.3) is 0 Å². The molecule has 1 N–H and O–H groups in total. The first-order valence-corrected chi connectivity index (χ1v) is 13.3. The van der Waals surface area contributed by atoms with Gasteiger partial charge in [0.2, 0.25) is 0 Å². The summed E-state index contributed by atoms with van der Waals surface area (Å²) in [4.78, 5) is 0. The number of hydrogen-bond donors (Lipinski definition) is 1. The van der Waals surface area contributed by atoms with Crippen LogP contribution in [0.2, 0.25) is 0 Å². The fourth-order valence-corrected chi connectivity index (χ4v) is 7.06. The Hall–Kier alpha value is -0.0800. The van der Waals surface area contributed by atoms with Crippen LogP contribution in [-0.2, 0) is 4.74 Å². The zero-order valence-corrected chi connectivity index (χ0v) is 20.0. The molecule has 3 rings (SSSR count). The monoisotopic (exact) mass is 406 g/mol. The second-order valence-corrected chi connectivity index (χ2v) is 11.2. The summed E-state index contributed by atoms with van der Waals surface area (Å²) in [6, 6.07) is 0. The predicted molar refractivity (Wildman–Crippen MR) is 123 cm³/mol. The second kappa shape index (κ2) is 11.5. The van der Waals surface area contributed by atoms with Crippen LogP contribution in [0.4, 0.5) is 0 Å². The van der Waals surface area contributed by atoms with E-state index in [-0.39, 0.29) is 6.10 Å². The van der Waals surface area contributed by atoms with E-state index in [0.717, 1.165) is 42.4 Å². The van der Waals surface area contributed by atoms with Gasteiger partial charge < -0.3 is 9.84 Å². The van der Waals surface area contributed by atoms with Crippen molar-refractivity contribution in [3.05, 3.63) is 0 Å². The van der Waals surface area contributed by atoms with Crippen LogP contribution in [-0.4, -0.2) is 23.4 Å². The Labute approximate surface area is 181 Å². The van der Waals surface area contributed by atoms with Crippen LogP contribution < -0.4 is 0 Å². The summed E-state index contributed by atoms with van der Waals surface area (Å²) in [5.41, 5.74) is 0. The third-order valence-corrected chi connectivity index (χ3v) is 9.42. The average Bonchev–Trinajstić information content (AvgIpc) is 3.09. The molecule has 1 heterocycles. The molecule has 29 heavy (non-hydrogen) atoms. The molecular formula is C27H50O2. The summed E-state index contributed by atoms with van der Waals surface area (Å²) < 4.78 is 6.49. The summed E-state index contributed by atoms with van der Waals surface area (Å²) in [6.45, 7) is 9.53. The molecule has 2 saturated carbocycles. The highest BCUT2D eigenvalue weighted by Crippen LogP contribution is 2.43. The van der Waals surface area contributed by atoms with Crippen molar-refractivity contribution in [2.75, 3.05) is 0 Å². The quantitative estimate of drug-likeness (QED) is 0.433. The van der Waals surface area contributed by atoms with Crippen LogP contribution in [0.15, 0.2) is 0 Å². The number of ether oxygens (including phenoxy) is 1. The van der Waals surface area contributed by atoms with Crippen LogP contribution in [0.25, 0.3) is 0 Å².